The van der Waals surface area contributed by atoms with Crippen molar-refractivity contribution in [3.8, 4) is 0 Å². The van der Waals surface area contributed by atoms with Crippen molar-refractivity contribution < 1.29 is 0 Å². The predicted molar refractivity (Wildman–Crippen MR) is 64.3 cm³/mol. The van der Waals surface area contributed by atoms with Gasteiger partial charge < -0.3 is 0 Å². The standard InChI is InChI=1S/C14H24/c1-11(2)13(5)10-14(12(3)4)8-6-7-9-14/h12H,1,5-10H2,2-4H3. The normalized spacial score (nSPS) is 20.0. The summed E-state index contributed by atoms with van der Waals surface area (Å²) in [6.45, 7) is 14.9. The highest BCUT2D eigenvalue weighted by molar-refractivity contribution is 5.24. The number of allylic oxidation sites excluding steroid dienone is 2. The molecule has 0 N–H and O–H groups in total. The lowest BCUT2D eigenvalue weighted by Gasteiger charge is -2.34. The molecule has 0 saturated heterocycles. The molecule has 1 saturated carbocycles. The average molecular weight is 192 g/mol. The Labute approximate surface area is 89.1 Å². The zero-order chi connectivity index (χ0) is 10.8. The molecule has 0 bridgehead atoms. The molecule has 0 aromatic heterocycles. The molecular weight excluding hydrogens is 168 g/mol. The van der Waals surface area contributed by atoms with E-state index in [2.05, 4.69) is 33.9 Å². The lowest BCUT2D eigenvalue weighted by Crippen LogP contribution is -2.24. The van der Waals surface area contributed by atoms with Crippen LogP contribution in [0.3, 0.4) is 0 Å². The van der Waals surface area contributed by atoms with Crippen LogP contribution in [0.2, 0.25) is 0 Å². The summed E-state index contributed by atoms with van der Waals surface area (Å²) in [5.41, 5.74) is 2.97. The van der Waals surface area contributed by atoms with E-state index in [0.29, 0.717) is 5.41 Å². The molecule has 0 spiro atoms. The van der Waals surface area contributed by atoms with Gasteiger partial charge in [-0.25, -0.2) is 0 Å². The van der Waals surface area contributed by atoms with Gasteiger partial charge in [0, 0.05) is 0 Å². The molecule has 0 atom stereocenters. The van der Waals surface area contributed by atoms with E-state index in [1.165, 1.54) is 37.7 Å². The van der Waals surface area contributed by atoms with Crippen molar-refractivity contribution in [3.63, 3.8) is 0 Å². The summed E-state index contributed by atoms with van der Waals surface area (Å²) < 4.78 is 0. The van der Waals surface area contributed by atoms with E-state index in [1.807, 2.05) is 0 Å². The van der Waals surface area contributed by atoms with Gasteiger partial charge in [-0.05, 0) is 37.5 Å². The Hall–Kier alpha value is -0.520. The van der Waals surface area contributed by atoms with Crippen LogP contribution < -0.4 is 0 Å². The molecule has 1 fully saturated rings. The molecule has 0 amide bonds. The third-order valence-corrected chi connectivity index (χ3v) is 3.99. The highest BCUT2D eigenvalue weighted by Gasteiger charge is 2.36. The van der Waals surface area contributed by atoms with Gasteiger partial charge in [-0.15, -0.1) is 0 Å². The third kappa shape index (κ3) is 2.29. The van der Waals surface area contributed by atoms with Crippen molar-refractivity contribution in [1.82, 2.24) is 0 Å². The lowest BCUT2D eigenvalue weighted by molar-refractivity contribution is 0.196. The zero-order valence-corrected chi connectivity index (χ0v) is 10.0. The number of rotatable bonds is 4. The van der Waals surface area contributed by atoms with E-state index in [-0.39, 0.29) is 0 Å². The maximum Gasteiger partial charge on any atom is -0.0223 e. The topological polar surface area (TPSA) is 0 Å². The Morgan fingerprint density at radius 1 is 1.21 bits per heavy atom. The van der Waals surface area contributed by atoms with E-state index < -0.39 is 0 Å². The molecule has 80 valence electrons. The van der Waals surface area contributed by atoms with Crippen LogP contribution in [0.5, 0.6) is 0 Å². The Kier molecular flexibility index (Phi) is 3.58. The fourth-order valence-corrected chi connectivity index (χ4v) is 2.61. The molecule has 1 aliphatic carbocycles. The van der Waals surface area contributed by atoms with Gasteiger partial charge in [-0.1, -0.05) is 51.0 Å². The lowest BCUT2D eigenvalue weighted by atomic mass is 9.71. The van der Waals surface area contributed by atoms with Crippen LogP contribution in [-0.2, 0) is 0 Å². The second kappa shape index (κ2) is 4.33. The van der Waals surface area contributed by atoms with Crippen LogP contribution in [0.25, 0.3) is 0 Å². The van der Waals surface area contributed by atoms with Gasteiger partial charge in [-0.3, -0.25) is 0 Å². The Morgan fingerprint density at radius 2 is 1.71 bits per heavy atom. The minimum absolute atomic E-state index is 0.538. The smallest absolute Gasteiger partial charge is 0.0223 e. The summed E-state index contributed by atoms with van der Waals surface area (Å²) in [5, 5.41) is 0. The fourth-order valence-electron chi connectivity index (χ4n) is 2.61. The highest BCUT2D eigenvalue weighted by atomic mass is 14.4. The van der Waals surface area contributed by atoms with Gasteiger partial charge in [0.05, 0.1) is 0 Å². The van der Waals surface area contributed by atoms with Gasteiger partial charge in [-0.2, -0.15) is 0 Å². The molecule has 0 radical (unpaired) electrons. The maximum absolute atomic E-state index is 4.15. The molecule has 0 nitrogen and oxygen atoms in total. The molecule has 1 rings (SSSR count). The highest BCUT2D eigenvalue weighted by Crippen LogP contribution is 2.48. The van der Waals surface area contributed by atoms with Crippen LogP contribution in [0, 0.1) is 11.3 Å². The molecular formula is C14H24. The Balaban J connectivity index is 2.70. The first-order chi connectivity index (χ1) is 6.48. The van der Waals surface area contributed by atoms with Crippen molar-refractivity contribution in [1.29, 1.82) is 0 Å². The Bertz CT molecular complexity index is 226. The number of hydrogen-bond donors (Lipinski definition) is 0. The number of hydrogen-bond acceptors (Lipinski definition) is 0. The maximum atomic E-state index is 4.15. The summed E-state index contributed by atoms with van der Waals surface area (Å²) >= 11 is 0. The predicted octanol–water partition coefficient (Wildman–Crippen LogP) is 4.73. The van der Waals surface area contributed by atoms with E-state index in [9.17, 15) is 0 Å². The van der Waals surface area contributed by atoms with Gasteiger partial charge in [0.2, 0.25) is 0 Å². The SMILES string of the molecule is C=C(C)C(=C)CC1(C(C)C)CCCC1. The van der Waals surface area contributed by atoms with Crippen molar-refractivity contribution in [2.45, 2.75) is 52.9 Å². The quantitative estimate of drug-likeness (QED) is 0.565. The summed E-state index contributed by atoms with van der Waals surface area (Å²) in [6, 6.07) is 0. The van der Waals surface area contributed by atoms with Gasteiger partial charge in [0.1, 0.15) is 0 Å². The van der Waals surface area contributed by atoms with Crippen molar-refractivity contribution in [2.75, 3.05) is 0 Å². The van der Waals surface area contributed by atoms with E-state index in [1.54, 1.807) is 0 Å². The van der Waals surface area contributed by atoms with E-state index in [0.717, 1.165) is 11.5 Å². The van der Waals surface area contributed by atoms with Crippen molar-refractivity contribution in [3.05, 3.63) is 24.3 Å². The third-order valence-electron chi connectivity index (χ3n) is 3.99. The van der Waals surface area contributed by atoms with Crippen LogP contribution in [0.4, 0.5) is 0 Å². The van der Waals surface area contributed by atoms with Crippen LogP contribution in [-0.4, -0.2) is 0 Å². The van der Waals surface area contributed by atoms with Gasteiger partial charge >= 0.3 is 0 Å². The summed E-state index contributed by atoms with van der Waals surface area (Å²) in [4.78, 5) is 0. The summed E-state index contributed by atoms with van der Waals surface area (Å²) in [7, 11) is 0. The average Bonchev–Trinajstić information content (AvgIpc) is 2.53. The first-order valence-electron chi connectivity index (χ1n) is 5.81. The first kappa shape index (κ1) is 11.6. The van der Waals surface area contributed by atoms with E-state index in [4.69, 9.17) is 0 Å². The fraction of sp³-hybridized carbons (Fsp3) is 0.714. The van der Waals surface area contributed by atoms with Gasteiger partial charge in [0.25, 0.3) is 0 Å². The molecule has 1 aliphatic rings. The molecule has 14 heavy (non-hydrogen) atoms. The van der Waals surface area contributed by atoms with Crippen LogP contribution in [0.15, 0.2) is 24.3 Å². The molecule has 0 aromatic carbocycles. The van der Waals surface area contributed by atoms with E-state index >= 15 is 0 Å². The second-order valence-electron chi connectivity index (χ2n) is 5.28. The van der Waals surface area contributed by atoms with Crippen LogP contribution in [0.1, 0.15) is 52.9 Å². The van der Waals surface area contributed by atoms with Crippen molar-refractivity contribution in [2.24, 2.45) is 11.3 Å². The molecule has 0 aliphatic heterocycles. The summed E-state index contributed by atoms with van der Waals surface area (Å²) in [5.74, 6) is 0.779. The molecule has 0 aromatic rings. The summed E-state index contributed by atoms with van der Waals surface area (Å²) in [6.07, 6.45) is 6.75. The minimum atomic E-state index is 0.538. The van der Waals surface area contributed by atoms with Gasteiger partial charge in [0.15, 0.2) is 0 Å². The first-order valence-corrected chi connectivity index (χ1v) is 5.81. The van der Waals surface area contributed by atoms with Crippen LogP contribution >= 0.6 is 0 Å². The second-order valence-corrected chi connectivity index (χ2v) is 5.28. The monoisotopic (exact) mass is 192 g/mol. The molecule has 0 heterocycles. The Morgan fingerprint density at radius 3 is 2.07 bits per heavy atom. The minimum Gasteiger partial charge on any atom is -0.0959 e. The van der Waals surface area contributed by atoms with Crippen molar-refractivity contribution >= 4 is 0 Å². The zero-order valence-electron chi connectivity index (χ0n) is 10.0. The largest absolute Gasteiger partial charge is 0.0959 e. The molecule has 0 unspecified atom stereocenters. The molecule has 0 heteroatoms.